The molecule has 0 N–H and O–H groups in total. The minimum absolute atomic E-state index is 0.947. The van der Waals surface area contributed by atoms with Crippen molar-refractivity contribution in [3.8, 4) is 0 Å². The highest BCUT2D eigenvalue weighted by atomic mass is 14.3. The molecule has 0 heteroatoms. The second kappa shape index (κ2) is 11.3. The summed E-state index contributed by atoms with van der Waals surface area (Å²) in [6, 6.07) is 9.58. The predicted molar refractivity (Wildman–Crippen MR) is 119 cm³/mol. The number of aryl methyl sites for hydroxylation is 1. The van der Waals surface area contributed by atoms with Gasteiger partial charge in [-0.05, 0) is 73.3 Å². The van der Waals surface area contributed by atoms with E-state index in [-0.39, 0.29) is 0 Å². The van der Waals surface area contributed by atoms with Gasteiger partial charge in [-0.1, -0.05) is 95.9 Å². The Morgan fingerprint density at radius 2 is 1.15 bits per heavy atom. The second-order valence-electron chi connectivity index (χ2n) is 9.92. The Labute approximate surface area is 169 Å². The fourth-order valence-electron chi connectivity index (χ4n) is 5.86. The average molecular weight is 369 g/mol. The van der Waals surface area contributed by atoms with Crippen molar-refractivity contribution in [3.05, 3.63) is 35.4 Å². The van der Waals surface area contributed by atoms with E-state index in [1.807, 2.05) is 0 Å². The topological polar surface area (TPSA) is 0 Å². The Balaban J connectivity index is 1.34. The molecule has 0 aromatic heterocycles. The maximum absolute atomic E-state index is 2.41. The lowest BCUT2D eigenvalue weighted by Crippen LogP contribution is -2.21. The van der Waals surface area contributed by atoms with Crippen molar-refractivity contribution < 1.29 is 0 Å². The van der Waals surface area contributed by atoms with Crippen LogP contribution in [-0.2, 0) is 12.8 Å². The van der Waals surface area contributed by atoms with Crippen LogP contribution in [0.2, 0.25) is 0 Å². The van der Waals surface area contributed by atoms with Crippen LogP contribution in [0.4, 0.5) is 0 Å². The molecular weight excluding hydrogens is 324 g/mol. The highest BCUT2D eigenvalue weighted by molar-refractivity contribution is 5.23. The summed E-state index contributed by atoms with van der Waals surface area (Å²) in [5.41, 5.74) is 3.10. The third-order valence-electron chi connectivity index (χ3n) is 7.66. The number of hydrogen-bond acceptors (Lipinski definition) is 0. The van der Waals surface area contributed by atoms with Crippen LogP contribution in [-0.4, -0.2) is 0 Å². The molecule has 0 radical (unpaired) electrons. The van der Waals surface area contributed by atoms with Crippen LogP contribution in [0.15, 0.2) is 24.3 Å². The second-order valence-corrected chi connectivity index (χ2v) is 9.92. The first-order valence-corrected chi connectivity index (χ1v) is 12.3. The Morgan fingerprint density at radius 3 is 1.70 bits per heavy atom. The predicted octanol–water partition coefficient (Wildman–Crippen LogP) is 8.37. The van der Waals surface area contributed by atoms with E-state index in [0.717, 1.165) is 23.7 Å². The molecule has 0 aliphatic heterocycles. The zero-order chi connectivity index (χ0) is 18.9. The van der Waals surface area contributed by atoms with Gasteiger partial charge in [0.05, 0.1) is 0 Å². The zero-order valence-electron chi connectivity index (χ0n) is 18.2. The van der Waals surface area contributed by atoms with Crippen LogP contribution < -0.4 is 0 Å². The van der Waals surface area contributed by atoms with Gasteiger partial charge in [0, 0.05) is 0 Å². The fourth-order valence-corrected chi connectivity index (χ4v) is 5.86. The van der Waals surface area contributed by atoms with Gasteiger partial charge >= 0.3 is 0 Å². The molecule has 0 saturated heterocycles. The number of rotatable bonds is 9. The first kappa shape index (κ1) is 20.9. The molecule has 2 fully saturated rings. The van der Waals surface area contributed by atoms with Crippen molar-refractivity contribution in [2.24, 2.45) is 23.7 Å². The minimum atomic E-state index is 0.947. The average Bonchev–Trinajstić information content (AvgIpc) is 2.71. The van der Waals surface area contributed by atoms with Gasteiger partial charge in [-0.25, -0.2) is 0 Å². The lowest BCUT2D eigenvalue weighted by Gasteiger charge is -2.34. The molecule has 0 atom stereocenters. The van der Waals surface area contributed by atoms with Crippen LogP contribution in [0.5, 0.6) is 0 Å². The van der Waals surface area contributed by atoms with E-state index in [4.69, 9.17) is 0 Å². The molecule has 2 aliphatic rings. The summed E-state index contributed by atoms with van der Waals surface area (Å²) in [6.07, 6.45) is 21.7. The molecule has 1 aromatic rings. The summed E-state index contributed by atoms with van der Waals surface area (Å²) >= 11 is 0. The van der Waals surface area contributed by atoms with Crippen LogP contribution in [0.1, 0.15) is 108 Å². The molecule has 0 amide bonds. The summed E-state index contributed by atoms with van der Waals surface area (Å²) < 4.78 is 0. The highest BCUT2D eigenvalue weighted by Crippen LogP contribution is 2.39. The van der Waals surface area contributed by atoms with Crippen LogP contribution >= 0.6 is 0 Å². The summed E-state index contributed by atoms with van der Waals surface area (Å²) in [5, 5.41) is 0. The van der Waals surface area contributed by atoms with Gasteiger partial charge in [-0.3, -0.25) is 0 Å². The zero-order valence-corrected chi connectivity index (χ0v) is 18.2. The first-order valence-electron chi connectivity index (χ1n) is 12.3. The summed E-state index contributed by atoms with van der Waals surface area (Å²) in [4.78, 5) is 0. The maximum atomic E-state index is 2.41. The van der Waals surface area contributed by atoms with Crippen LogP contribution in [0.25, 0.3) is 0 Å². The van der Waals surface area contributed by atoms with Crippen LogP contribution in [0, 0.1) is 23.7 Å². The molecule has 27 heavy (non-hydrogen) atoms. The molecule has 0 unspecified atom stereocenters. The Hall–Kier alpha value is -0.780. The first-order chi connectivity index (χ1) is 13.3. The van der Waals surface area contributed by atoms with Crippen molar-refractivity contribution in [2.45, 2.75) is 110 Å². The number of hydrogen-bond donors (Lipinski definition) is 0. The van der Waals surface area contributed by atoms with Crippen molar-refractivity contribution in [1.82, 2.24) is 0 Å². The van der Waals surface area contributed by atoms with Gasteiger partial charge in [0.25, 0.3) is 0 Å². The lowest BCUT2D eigenvalue weighted by molar-refractivity contribution is 0.187. The maximum Gasteiger partial charge on any atom is -0.0250 e. The van der Waals surface area contributed by atoms with Gasteiger partial charge in [-0.15, -0.1) is 0 Å². The van der Waals surface area contributed by atoms with Gasteiger partial charge in [0.15, 0.2) is 0 Å². The lowest BCUT2D eigenvalue weighted by atomic mass is 9.72. The van der Waals surface area contributed by atoms with Gasteiger partial charge in [-0.2, -0.15) is 0 Å². The Morgan fingerprint density at radius 1 is 0.630 bits per heavy atom. The molecule has 0 heterocycles. The standard InChI is InChI=1S/C27H44/c1-3-5-7-23-10-14-25(15-11-23)21-27-18-16-26(17-19-27)20-24-12-8-22(6-4-2)9-13-24/h10-11,14-15,22,24,26-27H,3-9,12-13,16-21H2,1-2H3. The SMILES string of the molecule is CCCCc1ccc(CC2CCC(CC3CCC(CCC)CC3)CC2)cc1. The van der Waals surface area contributed by atoms with Crippen molar-refractivity contribution in [1.29, 1.82) is 0 Å². The van der Waals surface area contributed by atoms with Crippen molar-refractivity contribution in [3.63, 3.8) is 0 Å². The molecule has 152 valence electrons. The van der Waals surface area contributed by atoms with E-state index in [2.05, 4.69) is 38.1 Å². The van der Waals surface area contributed by atoms with Gasteiger partial charge < -0.3 is 0 Å². The van der Waals surface area contributed by atoms with Gasteiger partial charge in [0.1, 0.15) is 0 Å². The quantitative estimate of drug-likeness (QED) is 0.410. The van der Waals surface area contributed by atoms with E-state index in [0.29, 0.717) is 0 Å². The molecule has 2 aliphatic carbocycles. The fraction of sp³-hybridized carbons (Fsp3) is 0.778. The van der Waals surface area contributed by atoms with E-state index < -0.39 is 0 Å². The number of benzene rings is 1. The monoisotopic (exact) mass is 368 g/mol. The Kier molecular flexibility index (Phi) is 8.75. The number of unbranched alkanes of at least 4 members (excludes halogenated alkanes) is 1. The van der Waals surface area contributed by atoms with Crippen LogP contribution in [0.3, 0.4) is 0 Å². The minimum Gasteiger partial charge on any atom is -0.0654 e. The van der Waals surface area contributed by atoms with E-state index >= 15 is 0 Å². The van der Waals surface area contributed by atoms with Crippen molar-refractivity contribution >= 4 is 0 Å². The smallest absolute Gasteiger partial charge is 0.0250 e. The molecule has 1 aromatic carbocycles. The molecular formula is C27H44. The molecule has 3 rings (SSSR count). The molecule has 2 saturated carbocycles. The summed E-state index contributed by atoms with van der Waals surface area (Å²) in [5.74, 6) is 4.12. The Bertz CT molecular complexity index is 497. The third-order valence-corrected chi connectivity index (χ3v) is 7.66. The molecule has 0 spiro atoms. The van der Waals surface area contributed by atoms with E-state index in [9.17, 15) is 0 Å². The molecule has 0 nitrogen and oxygen atoms in total. The largest absolute Gasteiger partial charge is 0.0654 e. The summed E-state index contributed by atoms with van der Waals surface area (Å²) in [7, 11) is 0. The van der Waals surface area contributed by atoms with E-state index in [1.54, 1.807) is 12.0 Å². The molecule has 0 bridgehead atoms. The van der Waals surface area contributed by atoms with Gasteiger partial charge in [0.2, 0.25) is 0 Å². The van der Waals surface area contributed by atoms with E-state index in [1.165, 1.54) is 95.5 Å². The normalized spacial score (nSPS) is 29.0. The highest BCUT2D eigenvalue weighted by Gasteiger charge is 2.26. The summed E-state index contributed by atoms with van der Waals surface area (Å²) in [6.45, 7) is 4.63. The third kappa shape index (κ3) is 6.95. The van der Waals surface area contributed by atoms with Crippen molar-refractivity contribution in [2.75, 3.05) is 0 Å².